The van der Waals surface area contributed by atoms with Crippen molar-refractivity contribution in [3.05, 3.63) is 48.4 Å². The van der Waals surface area contributed by atoms with Crippen LogP contribution in [0.1, 0.15) is 19.5 Å². The Balaban J connectivity index is 2.26. The number of aromatic nitrogens is 2. The Morgan fingerprint density at radius 1 is 1.47 bits per heavy atom. The van der Waals surface area contributed by atoms with Crippen LogP contribution in [-0.4, -0.2) is 9.38 Å². The molecule has 2 aromatic rings. The maximum Gasteiger partial charge on any atom is 0.136 e. The Bertz CT molecular complexity index is 447. The van der Waals surface area contributed by atoms with Crippen molar-refractivity contribution in [2.24, 2.45) is 5.92 Å². The van der Waals surface area contributed by atoms with Crippen molar-refractivity contribution in [2.45, 2.75) is 20.3 Å². The lowest BCUT2D eigenvalue weighted by Crippen LogP contribution is -1.96. The number of rotatable bonds is 3. The first-order chi connectivity index (χ1) is 7.16. The highest BCUT2D eigenvalue weighted by Gasteiger charge is 2.05. The Morgan fingerprint density at radius 3 is 2.93 bits per heavy atom. The molecule has 0 spiro atoms. The molecule has 15 heavy (non-hydrogen) atoms. The summed E-state index contributed by atoms with van der Waals surface area (Å²) in [7, 11) is 0. The van der Waals surface area contributed by atoms with Gasteiger partial charge in [-0.05, 0) is 18.1 Å². The Kier molecular flexibility index (Phi) is 2.58. The summed E-state index contributed by atoms with van der Waals surface area (Å²) in [6, 6.07) is 6.03. The Hall–Kier alpha value is -1.57. The van der Waals surface area contributed by atoms with E-state index in [-0.39, 0.29) is 0 Å². The number of hydrogen-bond donors (Lipinski definition) is 0. The lowest BCUT2D eigenvalue weighted by molar-refractivity contribution is 0.740. The largest absolute Gasteiger partial charge is 0.307 e. The molecule has 0 saturated carbocycles. The lowest BCUT2D eigenvalue weighted by atomic mass is 10.0. The van der Waals surface area contributed by atoms with Crippen LogP contribution in [0.4, 0.5) is 0 Å². The van der Waals surface area contributed by atoms with Crippen molar-refractivity contribution in [3.8, 4) is 0 Å². The van der Waals surface area contributed by atoms with Gasteiger partial charge in [0, 0.05) is 18.8 Å². The maximum absolute atomic E-state index is 4.54. The molecule has 2 nitrogen and oxygen atoms in total. The highest BCUT2D eigenvalue weighted by atomic mass is 15.0. The summed E-state index contributed by atoms with van der Waals surface area (Å²) < 4.78 is 2.04. The van der Waals surface area contributed by atoms with Gasteiger partial charge in [0.2, 0.25) is 0 Å². The van der Waals surface area contributed by atoms with Crippen LogP contribution >= 0.6 is 0 Å². The molecule has 0 fully saturated rings. The van der Waals surface area contributed by atoms with Gasteiger partial charge in [-0.1, -0.05) is 32.1 Å². The predicted octanol–water partition coefficient (Wildman–Crippen LogP) is 3.09. The number of nitrogens with zero attached hydrogens (tertiary/aromatic N) is 2. The summed E-state index contributed by atoms with van der Waals surface area (Å²) in [4.78, 5) is 4.54. The molecule has 0 N–H and O–H groups in total. The van der Waals surface area contributed by atoms with Gasteiger partial charge in [-0.25, -0.2) is 4.98 Å². The fraction of sp³-hybridized carbons (Fsp3) is 0.308. The number of fused-ring (bicyclic) bond motifs is 1. The predicted molar refractivity (Wildman–Crippen MR) is 62.9 cm³/mol. The molecule has 2 heteroatoms. The zero-order chi connectivity index (χ0) is 10.8. The van der Waals surface area contributed by atoms with Crippen molar-refractivity contribution >= 4 is 5.65 Å². The minimum absolute atomic E-state index is 0.523. The van der Waals surface area contributed by atoms with Crippen molar-refractivity contribution < 1.29 is 0 Å². The molecule has 0 unspecified atom stereocenters. The first-order valence-corrected chi connectivity index (χ1v) is 5.27. The molecule has 0 amide bonds. The second kappa shape index (κ2) is 3.89. The third-order valence-corrected chi connectivity index (χ3v) is 2.64. The molecule has 0 aliphatic rings. The van der Waals surface area contributed by atoms with Gasteiger partial charge in [-0.2, -0.15) is 0 Å². The first kappa shape index (κ1) is 9.97. The summed E-state index contributed by atoms with van der Waals surface area (Å²) in [5, 5.41) is 0. The van der Waals surface area contributed by atoms with Crippen molar-refractivity contribution in [3.63, 3.8) is 0 Å². The van der Waals surface area contributed by atoms with Gasteiger partial charge in [0.05, 0.1) is 5.69 Å². The SMILES string of the molecule is C=C(Cc1cn2ccccc2n1)C(C)C. The molecule has 2 heterocycles. The lowest BCUT2D eigenvalue weighted by Gasteiger charge is -2.06. The topological polar surface area (TPSA) is 17.3 Å². The van der Waals surface area contributed by atoms with Crippen LogP contribution in [0, 0.1) is 5.92 Å². The molecular formula is C13H16N2. The zero-order valence-corrected chi connectivity index (χ0v) is 9.27. The van der Waals surface area contributed by atoms with Gasteiger partial charge < -0.3 is 4.40 Å². The first-order valence-electron chi connectivity index (χ1n) is 5.27. The van der Waals surface area contributed by atoms with Gasteiger partial charge in [0.25, 0.3) is 0 Å². The third-order valence-electron chi connectivity index (χ3n) is 2.64. The zero-order valence-electron chi connectivity index (χ0n) is 9.27. The van der Waals surface area contributed by atoms with E-state index in [2.05, 4.69) is 31.6 Å². The summed E-state index contributed by atoms with van der Waals surface area (Å²) in [6.07, 6.45) is 4.96. The Labute approximate surface area is 90.3 Å². The summed E-state index contributed by atoms with van der Waals surface area (Å²) in [6.45, 7) is 8.40. The third kappa shape index (κ3) is 2.09. The van der Waals surface area contributed by atoms with E-state index in [4.69, 9.17) is 0 Å². The van der Waals surface area contributed by atoms with Crippen LogP contribution in [0.5, 0.6) is 0 Å². The number of imidazole rings is 1. The van der Waals surface area contributed by atoms with E-state index in [0.717, 1.165) is 17.8 Å². The van der Waals surface area contributed by atoms with E-state index >= 15 is 0 Å². The molecule has 0 radical (unpaired) electrons. The molecule has 0 saturated heterocycles. The molecular weight excluding hydrogens is 184 g/mol. The number of hydrogen-bond acceptors (Lipinski definition) is 1. The van der Waals surface area contributed by atoms with E-state index in [9.17, 15) is 0 Å². The number of allylic oxidation sites excluding steroid dienone is 1. The van der Waals surface area contributed by atoms with Crippen LogP contribution < -0.4 is 0 Å². The van der Waals surface area contributed by atoms with E-state index in [1.165, 1.54) is 5.57 Å². The van der Waals surface area contributed by atoms with E-state index in [1.807, 2.05) is 28.8 Å². The second-order valence-corrected chi connectivity index (χ2v) is 4.19. The molecule has 78 valence electrons. The van der Waals surface area contributed by atoms with E-state index in [1.54, 1.807) is 0 Å². The van der Waals surface area contributed by atoms with Gasteiger partial charge in [-0.3, -0.25) is 0 Å². The van der Waals surface area contributed by atoms with E-state index in [0.29, 0.717) is 5.92 Å². The second-order valence-electron chi connectivity index (χ2n) is 4.19. The average Bonchev–Trinajstić information content (AvgIpc) is 2.59. The monoisotopic (exact) mass is 200 g/mol. The Morgan fingerprint density at radius 2 is 2.27 bits per heavy atom. The minimum atomic E-state index is 0.523. The molecule has 0 aromatic carbocycles. The van der Waals surface area contributed by atoms with Crippen LogP contribution in [0.25, 0.3) is 5.65 Å². The van der Waals surface area contributed by atoms with Gasteiger partial charge in [-0.15, -0.1) is 0 Å². The molecule has 2 aromatic heterocycles. The summed E-state index contributed by atoms with van der Waals surface area (Å²) in [5.74, 6) is 0.523. The van der Waals surface area contributed by atoms with Crippen molar-refractivity contribution in [2.75, 3.05) is 0 Å². The normalized spacial score (nSPS) is 11.1. The van der Waals surface area contributed by atoms with Gasteiger partial charge in [0.1, 0.15) is 5.65 Å². The van der Waals surface area contributed by atoms with E-state index < -0.39 is 0 Å². The number of pyridine rings is 1. The highest BCUT2D eigenvalue weighted by molar-refractivity contribution is 5.40. The molecule has 0 aliphatic carbocycles. The minimum Gasteiger partial charge on any atom is -0.307 e. The smallest absolute Gasteiger partial charge is 0.136 e. The van der Waals surface area contributed by atoms with Crippen molar-refractivity contribution in [1.82, 2.24) is 9.38 Å². The van der Waals surface area contributed by atoms with Crippen LogP contribution in [0.2, 0.25) is 0 Å². The van der Waals surface area contributed by atoms with Gasteiger partial charge >= 0.3 is 0 Å². The molecule has 0 bridgehead atoms. The molecule has 0 atom stereocenters. The van der Waals surface area contributed by atoms with Crippen LogP contribution in [0.15, 0.2) is 42.7 Å². The standard InChI is InChI=1S/C13H16N2/c1-10(2)11(3)8-12-9-15-7-5-4-6-13(15)14-12/h4-7,9-10H,3,8H2,1-2H3. The highest BCUT2D eigenvalue weighted by Crippen LogP contribution is 2.14. The van der Waals surface area contributed by atoms with Crippen LogP contribution in [-0.2, 0) is 6.42 Å². The fourth-order valence-electron chi connectivity index (χ4n) is 1.51. The van der Waals surface area contributed by atoms with Crippen molar-refractivity contribution in [1.29, 1.82) is 0 Å². The summed E-state index contributed by atoms with van der Waals surface area (Å²) >= 11 is 0. The molecule has 2 rings (SSSR count). The maximum atomic E-state index is 4.54. The quantitative estimate of drug-likeness (QED) is 0.696. The van der Waals surface area contributed by atoms with Crippen LogP contribution in [0.3, 0.4) is 0 Å². The fourth-order valence-corrected chi connectivity index (χ4v) is 1.51. The summed E-state index contributed by atoms with van der Waals surface area (Å²) in [5.41, 5.74) is 3.34. The van der Waals surface area contributed by atoms with Gasteiger partial charge in [0.15, 0.2) is 0 Å². The molecule has 0 aliphatic heterocycles. The average molecular weight is 200 g/mol.